The first-order chi connectivity index (χ1) is 21.9. The standard InChI is InChI=1S/C38H53NO8/c1-9-26-18-29(40)37(8)25(22-46-26)20-38(45)21-28(23(3)32(33(43)34(37)44)36(38,7)10-2)47-31(42)19-27(24-14-12-11-13-15-24)39-30(41)16-17-35(4,5)6/h2,11-15,23,25-29,32,40,45H,9,16-22H2,1,3-8H3,(H,39,41). The van der Waals surface area contributed by atoms with E-state index in [0.717, 1.165) is 5.56 Å². The van der Waals surface area contributed by atoms with Crippen LogP contribution in [0.15, 0.2) is 30.3 Å². The highest BCUT2D eigenvalue weighted by molar-refractivity contribution is 6.40. The van der Waals surface area contributed by atoms with Gasteiger partial charge in [-0.05, 0) is 44.1 Å². The molecule has 3 N–H and O–H groups in total. The lowest BCUT2D eigenvalue weighted by Gasteiger charge is -2.58. The molecule has 10 unspecified atom stereocenters. The zero-order valence-electron chi connectivity index (χ0n) is 29.0. The number of amides is 1. The van der Waals surface area contributed by atoms with Gasteiger partial charge < -0.3 is 25.0 Å². The maximum absolute atomic E-state index is 14.3. The number of ether oxygens (including phenoxy) is 2. The molecule has 258 valence electrons. The zero-order valence-corrected chi connectivity index (χ0v) is 29.0. The van der Waals surface area contributed by atoms with Gasteiger partial charge in [-0.3, -0.25) is 19.2 Å². The predicted molar refractivity (Wildman–Crippen MR) is 177 cm³/mol. The molecule has 47 heavy (non-hydrogen) atoms. The highest BCUT2D eigenvalue weighted by atomic mass is 16.5. The molecule has 9 heteroatoms. The molecule has 0 radical (unpaired) electrons. The van der Waals surface area contributed by atoms with E-state index in [0.29, 0.717) is 19.3 Å². The summed E-state index contributed by atoms with van der Waals surface area (Å²) in [6, 6.07) is 8.52. The molecule has 2 saturated carbocycles. The molecule has 0 aromatic heterocycles. The van der Waals surface area contributed by atoms with E-state index < -0.39 is 70.0 Å². The van der Waals surface area contributed by atoms with Crippen molar-refractivity contribution in [3.05, 3.63) is 35.9 Å². The number of esters is 1. The van der Waals surface area contributed by atoms with Crippen LogP contribution in [0.1, 0.15) is 105 Å². The molecule has 9 nitrogen and oxygen atoms in total. The number of carbonyl (C=O) groups excluding carboxylic acids is 4. The third kappa shape index (κ3) is 7.21. The Morgan fingerprint density at radius 1 is 1.17 bits per heavy atom. The number of fused-ring (bicyclic) bond motifs is 3. The van der Waals surface area contributed by atoms with Gasteiger partial charge in [0.05, 0.1) is 53.6 Å². The van der Waals surface area contributed by atoms with Crippen LogP contribution in [0.25, 0.3) is 0 Å². The van der Waals surface area contributed by atoms with Gasteiger partial charge in [0, 0.05) is 31.1 Å². The maximum atomic E-state index is 14.3. The van der Waals surface area contributed by atoms with Gasteiger partial charge in [-0.2, -0.15) is 0 Å². The van der Waals surface area contributed by atoms with Gasteiger partial charge in [-0.15, -0.1) is 6.42 Å². The van der Waals surface area contributed by atoms with Crippen LogP contribution in [0.5, 0.6) is 0 Å². The summed E-state index contributed by atoms with van der Waals surface area (Å²) in [6.45, 7) is 13.1. The third-order valence-electron chi connectivity index (χ3n) is 11.4. The Hall–Kier alpha value is -3.06. The van der Waals surface area contributed by atoms with Crippen LogP contribution in [0.3, 0.4) is 0 Å². The van der Waals surface area contributed by atoms with Crippen molar-refractivity contribution < 1.29 is 38.9 Å². The summed E-state index contributed by atoms with van der Waals surface area (Å²) < 4.78 is 12.1. The first-order valence-electron chi connectivity index (χ1n) is 17.0. The molecule has 4 rings (SSSR count). The summed E-state index contributed by atoms with van der Waals surface area (Å²) in [5, 5.41) is 26.8. The van der Waals surface area contributed by atoms with E-state index in [1.54, 1.807) is 20.8 Å². The van der Waals surface area contributed by atoms with Crippen LogP contribution in [0.2, 0.25) is 0 Å². The topological polar surface area (TPSA) is 139 Å². The lowest BCUT2D eigenvalue weighted by atomic mass is 9.47. The van der Waals surface area contributed by atoms with Gasteiger partial charge in [0.1, 0.15) is 6.10 Å². The lowest BCUT2D eigenvalue weighted by Crippen LogP contribution is -2.68. The number of rotatable bonds is 8. The first-order valence-corrected chi connectivity index (χ1v) is 17.0. The Balaban J connectivity index is 1.63. The molecule has 2 aliphatic carbocycles. The Bertz CT molecular complexity index is 1380. The van der Waals surface area contributed by atoms with E-state index in [4.69, 9.17) is 15.9 Å². The molecular weight excluding hydrogens is 598 g/mol. The Morgan fingerprint density at radius 2 is 1.83 bits per heavy atom. The Labute approximate surface area is 279 Å². The molecule has 1 heterocycles. The van der Waals surface area contributed by atoms with Crippen LogP contribution in [0.4, 0.5) is 0 Å². The summed E-state index contributed by atoms with van der Waals surface area (Å²) in [7, 11) is 0. The van der Waals surface area contributed by atoms with Gasteiger partial charge in [-0.25, -0.2) is 0 Å². The van der Waals surface area contributed by atoms with Crippen LogP contribution < -0.4 is 5.32 Å². The molecule has 3 fully saturated rings. The minimum absolute atomic E-state index is 0.0234. The molecule has 3 aliphatic rings. The van der Waals surface area contributed by atoms with Crippen molar-refractivity contribution in [2.24, 2.45) is 34.0 Å². The van der Waals surface area contributed by atoms with Crippen LogP contribution in [0, 0.1) is 46.3 Å². The van der Waals surface area contributed by atoms with E-state index >= 15 is 0 Å². The number of aliphatic hydroxyl groups excluding tert-OH is 1. The molecule has 1 aliphatic heterocycles. The van der Waals surface area contributed by atoms with Gasteiger partial charge in [0.25, 0.3) is 0 Å². The quantitative estimate of drug-likeness (QED) is 0.209. The van der Waals surface area contributed by atoms with Crippen molar-refractivity contribution >= 4 is 23.4 Å². The summed E-state index contributed by atoms with van der Waals surface area (Å²) in [5.41, 5.74) is -3.93. The molecular formula is C38H53NO8. The number of hydrogen-bond acceptors (Lipinski definition) is 8. The van der Waals surface area contributed by atoms with E-state index in [1.165, 1.54) is 0 Å². The maximum Gasteiger partial charge on any atom is 0.308 e. The van der Waals surface area contributed by atoms with Gasteiger partial charge in [0.15, 0.2) is 0 Å². The Kier molecular flexibility index (Phi) is 10.8. The average molecular weight is 652 g/mol. The summed E-state index contributed by atoms with van der Waals surface area (Å²) in [5.74, 6) is -2.19. The number of Topliss-reactive ketones (excluding diaryl/α,β-unsaturated/α-hetero) is 2. The minimum atomic E-state index is -1.72. The van der Waals surface area contributed by atoms with Crippen molar-refractivity contribution in [3.63, 3.8) is 0 Å². The minimum Gasteiger partial charge on any atom is -0.462 e. The first kappa shape index (κ1) is 36.8. The summed E-state index contributed by atoms with van der Waals surface area (Å²) >= 11 is 0. The van der Waals surface area contributed by atoms with Crippen molar-refractivity contribution in [1.29, 1.82) is 0 Å². The fourth-order valence-electron chi connectivity index (χ4n) is 7.97. The highest BCUT2D eigenvalue weighted by Crippen LogP contribution is 2.58. The largest absolute Gasteiger partial charge is 0.462 e. The fraction of sp³-hybridized carbons (Fsp3) is 0.684. The fourth-order valence-corrected chi connectivity index (χ4v) is 7.97. The van der Waals surface area contributed by atoms with Crippen LogP contribution in [-0.2, 0) is 28.7 Å². The van der Waals surface area contributed by atoms with Crippen molar-refractivity contribution in [1.82, 2.24) is 5.32 Å². The van der Waals surface area contributed by atoms with Crippen molar-refractivity contribution in [3.8, 4) is 12.3 Å². The van der Waals surface area contributed by atoms with Gasteiger partial charge in [-0.1, -0.05) is 70.9 Å². The molecule has 1 amide bonds. The third-order valence-corrected chi connectivity index (χ3v) is 11.4. The molecule has 1 aromatic carbocycles. The van der Waals surface area contributed by atoms with Crippen LogP contribution in [-0.4, -0.2) is 64.2 Å². The smallest absolute Gasteiger partial charge is 0.308 e. The number of benzene rings is 1. The van der Waals surface area contributed by atoms with E-state index in [2.05, 4.69) is 32.0 Å². The van der Waals surface area contributed by atoms with Gasteiger partial charge >= 0.3 is 5.97 Å². The number of ketones is 2. The molecule has 0 spiro atoms. The van der Waals surface area contributed by atoms with Crippen LogP contribution >= 0.6 is 0 Å². The normalized spacial score (nSPS) is 36.5. The van der Waals surface area contributed by atoms with Crippen molar-refractivity contribution in [2.45, 2.75) is 123 Å². The SMILES string of the molecule is C#CC1(C)C2C(=O)C(=O)C3(C)C(O)CC(CC)OCC3CC1(O)CC(OC(=O)CC(NC(=O)CCC(C)(C)C)c1ccccc1)C2C. The van der Waals surface area contributed by atoms with Gasteiger partial charge in [0.2, 0.25) is 17.5 Å². The monoisotopic (exact) mass is 651 g/mol. The van der Waals surface area contributed by atoms with Crippen molar-refractivity contribution in [2.75, 3.05) is 6.61 Å². The van der Waals surface area contributed by atoms with E-state index in [1.807, 2.05) is 37.3 Å². The average Bonchev–Trinajstić information content (AvgIpc) is 3.13. The predicted octanol–water partition coefficient (Wildman–Crippen LogP) is 4.72. The van der Waals surface area contributed by atoms with E-state index in [9.17, 15) is 29.4 Å². The Morgan fingerprint density at radius 3 is 2.43 bits per heavy atom. The lowest BCUT2D eigenvalue weighted by molar-refractivity contribution is -0.207. The number of nitrogens with one attached hydrogen (secondary N) is 1. The molecule has 1 aromatic rings. The number of carbonyl (C=O) groups is 4. The second kappa shape index (κ2) is 13.8. The second-order valence-electron chi connectivity index (χ2n) is 15.7. The summed E-state index contributed by atoms with van der Waals surface area (Å²) in [6.07, 6.45) is 5.23. The number of hydrogen-bond donors (Lipinski definition) is 3. The highest BCUT2D eigenvalue weighted by Gasteiger charge is 2.68. The second-order valence-corrected chi connectivity index (χ2v) is 15.7. The molecule has 10 atom stereocenters. The zero-order chi connectivity index (χ0) is 34.9. The molecule has 2 bridgehead atoms. The summed E-state index contributed by atoms with van der Waals surface area (Å²) in [4.78, 5) is 55.0. The van der Waals surface area contributed by atoms with E-state index in [-0.39, 0.29) is 49.7 Å². The number of terminal acetylenes is 1. The number of aliphatic hydroxyl groups is 2. The molecule has 1 saturated heterocycles.